The fraction of sp³-hybridized carbons (Fsp3) is 0.643. The fourth-order valence-corrected chi connectivity index (χ4v) is 4.50. The summed E-state index contributed by atoms with van der Waals surface area (Å²) in [6, 6.07) is 0. The number of hydrogen-bond acceptors (Lipinski definition) is 5. The van der Waals surface area contributed by atoms with E-state index in [4.69, 9.17) is 11.6 Å². The second-order valence-electron chi connectivity index (χ2n) is 6.50. The third-order valence-corrected chi connectivity index (χ3v) is 6.25. The van der Waals surface area contributed by atoms with Gasteiger partial charge in [0, 0.05) is 33.7 Å². The highest BCUT2D eigenvalue weighted by atomic mass is 35.5. The first-order valence-electron chi connectivity index (χ1n) is 7.88. The van der Waals surface area contributed by atoms with Gasteiger partial charge in [0.15, 0.2) is 11.2 Å². The Morgan fingerprint density at radius 1 is 1.24 bits per heavy atom. The van der Waals surface area contributed by atoms with Crippen molar-refractivity contribution in [3.63, 3.8) is 0 Å². The van der Waals surface area contributed by atoms with E-state index in [9.17, 15) is 18.0 Å². The molecule has 1 aliphatic heterocycles. The molecule has 1 atom stereocenters. The zero-order valence-corrected chi connectivity index (χ0v) is 15.8. The summed E-state index contributed by atoms with van der Waals surface area (Å²) >= 11 is 6.22. The van der Waals surface area contributed by atoms with Gasteiger partial charge in [-0.05, 0) is 30.4 Å². The number of aryl methyl sites for hydroxylation is 1. The number of aromatic nitrogens is 4. The number of imidazole rings is 1. The summed E-state index contributed by atoms with van der Waals surface area (Å²) in [5, 5.41) is 0.116. The third-order valence-electron chi connectivity index (χ3n) is 4.69. The van der Waals surface area contributed by atoms with Crippen molar-refractivity contribution < 1.29 is 8.42 Å². The van der Waals surface area contributed by atoms with Crippen LogP contribution in [0, 0.1) is 5.92 Å². The van der Waals surface area contributed by atoms with Crippen molar-refractivity contribution in [2.75, 3.05) is 19.3 Å². The van der Waals surface area contributed by atoms with Crippen LogP contribution in [0.3, 0.4) is 0 Å². The van der Waals surface area contributed by atoms with Crippen LogP contribution in [0.2, 0.25) is 5.28 Å². The molecule has 138 valence electrons. The van der Waals surface area contributed by atoms with Crippen LogP contribution >= 0.6 is 11.6 Å². The molecule has 2 aromatic heterocycles. The van der Waals surface area contributed by atoms with Gasteiger partial charge in [0.25, 0.3) is 5.56 Å². The summed E-state index contributed by atoms with van der Waals surface area (Å²) in [7, 11) is -0.318. The zero-order valence-electron chi connectivity index (χ0n) is 14.3. The average molecular weight is 390 g/mol. The van der Waals surface area contributed by atoms with Crippen LogP contribution in [0.1, 0.15) is 12.8 Å². The second kappa shape index (κ2) is 6.26. The molecular weight excluding hydrogens is 370 g/mol. The lowest BCUT2D eigenvalue weighted by Crippen LogP contribution is -2.41. The lowest BCUT2D eigenvalue weighted by atomic mass is 9.99. The lowest BCUT2D eigenvalue weighted by Gasteiger charge is -2.31. The maximum Gasteiger partial charge on any atom is 0.332 e. The summed E-state index contributed by atoms with van der Waals surface area (Å²) < 4.78 is 28.9. The minimum Gasteiger partial charge on any atom is -0.308 e. The van der Waals surface area contributed by atoms with Gasteiger partial charge in [-0.2, -0.15) is 4.98 Å². The van der Waals surface area contributed by atoms with Gasteiger partial charge in [0.05, 0.1) is 6.26 Å². The summed E-state index contributed by atoms with van der Waals surface area (Å²) in [6.45, 7) is 1.25. The van der Waals surface area contributed by atoms with Crippen molar-refractivity contribution in [2.45, 2.75) is 19.4 Å². The van der Waals surface area contributed by atoms with E-state index in [-0.39, 0.29) is 22.4 Å². The first kappa shape index (κ1) is 18.2. The van der Waals surface area contributed by atoms with Gasteiger partial charge in [-0.1, -0.05) is 0 Å². The predicted octanol–water partition coefficient (Wildman–Crippen LogP) is -0.241. The zero-order chi connectivity index (χ0) is 18.5. The van der Waals surface area contributed by atoms with Gasteiger partial charge < -0.3 is 4.57 Å². The van der Waals surface area contributed by atoms with Gasteiger partial charge in [-0.3, -0.25) is 13.9 Å². The van der Waals surface area contributed by atoms with E-state index in [0.29, 0.717) is 19.6 Å². The number of fused-ring (bicyclic) bond motifs is 1. The molecule has 0 aromatic carbocycles. The van der Waals surface area contributed by atoms with Crippen molar-refractivity contribution in [3.05, 3.63) is 26.1 Å². The number of halogens is 1. The highest BCUT2D eigenvalue weighted by molar-refractivity contribution is 7.88. The van der Waals surface area contributed by atoms with Crippen molar-refractivity contribution in [3.8, 4) is 0 Å². The van der Waals surface area contributed by atoms with Gasteiger partial charge in [-0.25, -0.2) is 17.5 Å². The maximum absolute atomic E-state index is 12.5. The molecule has 25 heavy (non-hydrogen) atoms. The molecule has 1 saturated heterocycles. The van der Waals surface area contributed by atoms with Crippen LogP contribution in [0.5, 0.6) is 0 Å². The molecule has 9 nitrogen and oxygen atoms in total. The number of hydrogen-bond donors (Lipinski definition) is 0. The lowest BCUT2D eigenvalue weighted by molar-refractivity contribution is 0.248. The first-order valence-corrected chi connectivity index (χ1v) is 10.1. The Morgan fingerprint density at radius 3 is 2.56 bits per heavy atom. The summed E-state index contributed by atoms with van der Waals surface area (Å²) in [5.74, 6) is 0.0142. The molecule has 11 heteroatoms. The molecule has 1 fully saturated rings. The van der Waals surface area contributed by atoms with E-state index < -0.39 is 21.3 Å². The topological polar surface area (TPSA) is 99.2 Å². The molecule has 1 unspecified atom stereocenters. The van der Waals surface area contributed by atoms with Crippen LogP contribution in [0.25, 0.3) is 11.2 Å². The normalized spacial score (nSPS) is 19.6. The van der Waals surface area contributed by atoms with Crippen molar-refractivity contribution in [1.82, 2.24) is 23.0 Å². The molecule has 2 aromatic rings. The van der Waals surface area contributed by atoms with E-state index in [1.807, 2.05) is 0 Å². The smallest absolute Gasteiger partial charge is 0.308 e. The highest BCUT2D eigenvalue weighted by Crippen LogP contribution is 2.24. The number of rotatable bonds is 3. The average Bonchev–Trinajstić information content (AvgIpc) is 2.87. The fourth-order valence-electron chi connectivity index (χ4n) is 3.32. The van der Waals surface area contributed by atoms with Crippen molar-refractivity contribution >= 4 is 32.8 Å². The maximum atomic E-state index is 12.5. The Hall–Kier alpha value is -1.65. The van der Waals surface area contributed by atoms with E-state index in [1.54, 1.807) is 4.57 Å². The van der Waals surface area contributed by atoms with Gasteiger partial charge in [-0.15, -0.1) is 0 Å². The predicted molar refractivity (Wildman–Crippen MR) is 94.4 cm³/mol. The van der Waals surface area contributed by atoms with Gasteiger partial charge in [0.2, 0.25) is 15.3 Å². The Bertz CT molecular complexity index is 1050. The molecule has 1 aliphatic rings. The molecule has 3 rings (SSSR count). The van der Waals surface area contributed by atoms with Crippen LogP contribution in [-0.4, -0.2) is 50.8 Å². The second-order valence-corrected chi connectivity index (χ2v) is 8.82. The minimum absolute atomic E-state index is 0.0142. The molecular formula is C14H20ClN5O4S. The molecule has 0 radical (unpaired) electrons. The number of piperidine rings is 1. The summed E-state index contributed by atoms with van der Waals surface area (Å²) in [6.07, 6.45) is 2.77. The molecule has 0 amide bonds. The molecule has 0 saturated carbocycles. The number of sulfonamides is 1. The van der Waals surface area contributed by atoms with E-state index >= 15 is 0 Å². The van der Waals surface area contributed by atoms with Crippen molar-refractivity contribution in [1.29, 1.82) is 0 Å². The quantitative estimate of drug-likeness (QED) is 0.674. The summed E-state index contributed by atoms with van der Waals surface area (Å²) in [4.78, 5) is 28.7. The van der Waals surface area contributed by atoms with Crippen LogP contribution in [0.4, 0.5) is 0 Å². The van der Waals surface area contributed by atoms with Crippen LogP contribution < -0.4 is 11.2 Å². The molecule has 0 spiro atoms. The van der Waals surface area contributed by atoms with Gasteiger partial charge >= 0.3 is 5.69 Å². The molecule has 0 N–H and O–H groups in total. The Kier molecular flexibility index (Phi) is 4.54. The standard InChI is InChI=1S/C14H20ClN5O4S/c1-17-11-10(12(21)18(2)14(17)22)20(13(15)16-11)8-9-5-4-6-19(7-9)25(3,23)24/h9H,4-8H2,1-3H3. The minimum atomic E-state index is -3.25. The molecule has 3 heterocycles. The monoisotopic (exact) mass is 389 g/mol. The summed E-state index contributed by atoms with van der Waals surface area (Å²) in [5.41, 5.74) is -0.451. The van der Waals surface area contributed by atoms with E-state index in [0.717, 1.165) is 17.4 Å². The molecule has 0 bridgehead atoms. The first-order chi connectivity index (χ1) is 11.6. The van der Waals surface area contributed by atoms with E-state index in [2.05, 4.69) is 4.98 Å². The Balaban J connectivity index is 2.04. The highest BCUT2D eigenvalue weighted by Gasteiger charge is 2.28. The Labute approximate surface area is 149 Å². The third kappa shape index (κ3) is 3.13. The number of nitrogens with zero attached hydrogens (tertiary/aromatic N) is 5. The van der Waals surface area contributed by atoms with E-state index in [1.165, 1.54) is 29.2 Å². The van der Waals surface area contributed by atoms with Crippen LogP contribution in [-0.2, 0) is 30.7 Å². The Morgan fingerprint density at radius 2 is 1.92 bits per heavy atom. The largest absolute Gasteiger partial charge is 0.332 e. The van der Waals surface area contributed by atoms with Gasteiger partial charge in [0.1, 0.15) is 0 Å². The van der Waals surface area contributed by atoms with Crippen molar-refractivity contribution in [2.24, 2.45) is 20.0 Å². The SMILES string of the molecule is Cn1c(=O)c2c(nc(Cl)n2CC2CCCN(S(C)(=O)=O)C2)n(C)c1=O. The van der Waals surface area contributed by atoms with Crippen LogP contribution in [0.15, 0.2) is 9.59 Å². The molecule has 0 aliphatic carbocycles.